The Morgan fingerprint density at radius 3 is 2.27 bits per heavy atom. The second kappa shape index (κ2) is 6.21. The molecule has 0 spiro atoms. The minimum atomic E-state index is 1.20. The fourth-order valence-electron chi connectivity index (χ4n) is 1.07. The van der Waals surface area contributed by atoms with Gasteiger partial charge in [0, 0.05) is 0 Å². The Morgan fingerprint density at radius 2 is 1.91 bits per heavy atom. The monoisotopic (exact) mass is 152 g/mol. The molecule has 0 aromatic heterocycles. The lowest BCUT2D eigenvalue weighted by Gasteiger charge is -1.99. The van der Waals surface area contributed by atoms with Crippen molar-refractivity contribution in [2.24, 2.45) is 0 Å². The predicted molar refractivity (Wildman–Crippen MR) is 52.7 cm³/mol. The van der Waals surface area contributed by atoms with Gasteiger partial charge in [0.25, 0.3) is 0 Å². The zero-order valence-electron chi connectivity index (χ0n) is 8.28. The Hall–Kier alpha value is -0.520. The van der Waals surface area contributed by atoms with Crippen molar-refractivity contribution in [3.63, 3.8) is 0 Å². The van der Waals surface area contributed by atoms with Gasteiger partial charge in [-0.2, -0.15) is 0 Å². The first-order chi connectivity index (χ1) is 5.20. The van der Waals surface area contributed by atoms with Gasteiger partial charge in [-0.25, -0.2) is 0 Å². The van der Waals surface area contributed by atoms with Crippen molar-refractivity contribution in [3.8, 4) is 0 Å². The first-order valence-electron chi connectivity index (χ1n) is 4.48. The molecule has 0 aromatic carbocycles. The third kappa shape index (κ3) is 5.90. The van der Waals surface area contributed by atoms with E-state index in [2.05, 4.69) is 39.8 Å². The zero-order valence-corrected chi connectivity index (χ0v) is 8.28. The summed E-state index contributed by atoms with van der Waals surface area (Å²) in [4.78, 5) is 0. The quantitative estimate of drug-likeness (QED) is 0.532. The highest BCUT2D eigenvalue weighted by atomic mass is 14.0. The van der Waals surface area contributed by atoms with Crippen molar-refractivity contribution in [3.05, 3.63) is 23.3 Å². The summed E-state index contributed by atoms with van der Waals surface area (Å²) in [6, 6.07) is 0. The Labute approximate surface area is 71.0 Å². The highest BCUT2D eigenvalue weighted by Crippen LogP contribution is 2.10. The summed E-state index contributed by atoms with van der Waals surface area (Å²) in [5.74, 6) is 0. The number of allylic oxidation sites excluding steroid dienone is 4. The molecular formula is C11H20. The van der Waals surface area contributed by atoms with Crippen molar-refractivity contribution < 1.29 is 0 Å². The molecule has 0 heterocycles. The average Bonchev–Trinajstić information content (AvgIpc) is 1.98. The van der Waals surface area contributed by atoms with Gasteiger partial charge in [-0.3, -0.25) is 0 Å². The Morgan fingerprint density at radius 1 is 1.27 bits per heavy atom. The fraction of sp³-hybridized carbons (Fsp3) is 0.636. The fourth-order valence-corrected chi connectivity index (χ4v) is 1.07. The van der Waals surface area contributed by atoms with E-state index in [0.717, 1.165) is 0 Å². The normalized spacial score (nSPS) is 11.5. The van der Waals surface area contributed by atoms with Gasteiger partial charge >= 0.3 is 0 Å². The third-order valence-electron chi connectivity index (χ3n) is 1.88. The third-order valence-corrected chi connectivity index (χ3v) is 1.88. The predicted octanol–water partition coefficient (Wildman–Crippen LogP) is 4.09. The van der Waals surface area contributed by atoms with Crippen LogP contribution in [0, 0.1) is 0 Å². The molecule has 0 heteroatoms. The highest BCUT2D eigenvalue weighted by molar-refractivity contribution is 5.02. The summed E-state index contributed by atoms with van der Waals surface area (Å²) < 4.78 is 0. The minimum Gasteiger partial charge on any atom is -0.0885 e. The number of hydrogen-bond acceptors (Lipinski definition) is 0. The van der Waals surface area contributed by atoms with Gasteiger partial charge in [-0.15, -0.1) is 0 Å². The average molecular weight is 152 g/mol. The van der Waals surface area contributed by atoms with Crippen LogP contribution in [0.4, 0.5) is 0 Å². The molecule has 0 nitrogen and oxygen atoms in total. The molecular weight excluding hydrogens is 132 g/mol. The number of hydrogen-bond donors (Lipinski definition) is 0. The molecule has 0 aromatic rings. The Bertz CT molecular complexity index is 145. The van der Waals surface area contributed by atoms with Crippen molar-refractivity contribution in [1.29, 1.82) is 0 Å². The van der Waals surface area contributed by atoms with E-state index in [-0.39, 0.29) is 0 Å². The smallest absolute Gasteiger partial charge is 0.0286 e. The van der Waals surface area contributed by atoms with Crippen LogP contribution in [0.3, 0.4) is 0 Å². The highest BCUT2D eigenvalue weighted by Gasteiger charge is 1.89. The lowest BCUT2D eigenvalue weighted by Crippen LogP contribution is -1.79. The molecule has 0 bridgehead atoms. The van der Waals surface area contributed by atoms with Gasteiger partial charge in [0.2, 0.25) is 0 Å². The molecule has 0 amide bonds. The second-order valence-corrected chi connectivity index (χ2v) is 3.12. The van der Waals surface area contributed by atoms with Crippen LogP contribution in [0.2, 0.25) is 0 Å². The summed E-state index contributed by atoms with van der Waals surface area (Å²) >= 11 is 0. The van der Waals surface area contributed by atoms with Crippen LogP contribution in [-0.2, 0) is 0 Å². The second-order valence-electron chi connectivity index (χ2n) is 3.12. The zero-order chi connectivity index (χ0) is 8.69. The van der Waals surface area contributed by atoms with Crippen LogP contribution >= 0.6 is 0 Å². The van der Waals surface area contributed by atoms with Crippen molar-refractivity contribution in [1.82, 2.24) is 0 Å². The lowest BCUT2D eigenvalue weighted by molar-refractivity contribution is 0.899. The topological polar surface area (TPSA) is 0 Å². The van der Waals surface area contributed by atoms with E-state index < -0.39 is 0 Å². The summed E-state index contributed by atoms with van der Waals surface area (Å²) in [5, 5.41) is 0. The van der Waals surface area contributed by atoms with Crippen LogP contribution in [0.25, 0.3) is 0 Å². The lowest BCUT2D eigenvalue weighted by atomic mass is 10.1. The van der Waals surface area contributed by atoms with Crippen molar-refractivity contribution in [2.45, 2.75) is 47.0 Å². The molecule has 11 heavy (non-hydrogen) atoms. The maximum Gasteiger partial charge on any atom is -0.0286 e. The maximum atomic E-state index is 2.30. The van der Waals surface area contributed by atoms with Crippen LogP contribution in [-0.4, -0.2) is 0 Å². The first kappa shape index (κ1) is 10.5. The van der Waals surface area contributed by atoms with Gasteiger partial charge in [0.05, 0.1) is 0 Å². The molecule has 0 fully saturated rings. The van der Waals surface area contributed by atoms with E-state index in [0.29, 0.717) is 0 Å². The van der Waals surface area contributed by atoms with Crippen LogP contribution in [0.1, 0.15) is 47.0 Å². The standard InChI is InChI=1S/C11H20/c1-5-11(6-2)9-7-8-10(3)4/h5,8H,6-7,9H2,1-4H3. The van der Waals surface area contributed by atoms with Crippen molar-refractivity contribution >= 4 is 0 Å². The summed E-state index contributed by atoms with van der Waals surface area (Å²) in [6.45, 7) is 8.65. The van der Waals surface area contributed by atoms with Gasteiger partial charge in [-0.05, 0) is 40.0 Å². The van der Waals surface area contributed by atoms with E-state index in [9.17, 15) is 0 Å². The molecule has 0 atom stereocenters. The van der Waals surface area contributed by atoms with Gasteiger partial charge in [-0.1, -0.05) is 30.2 Å². The maximum absolute atomic E-state index is 2.30. The number of rotatable bonds is 4. The molecule has 0 rings (SSSR count). The van der Waals surface area contributed by atoms with Crippen molar-refractivity contribution in [2.75, 3.05) is 0 Å². The molecule has 0 aliphatic rings. The van der Waals surface area contributed by atoms with Crippen LogP contribution in [0.15, 0.2) is 23.3 Å². The van der Waals surface area contributed by atoms with E-state index in [1.165, 1.54) is 24.8 Å². The molecule has 0 saturated carbocycles. The Balaban J connectivity index is 3.61. The summed E-state index contributed by atoms with van der Waals surface area (Å²) in [6.07, 6.45) is 8.18. The molecule has 0 radical (unpaired) electrons. The molecule has 0 N–H and O–H groups in total. The molecule has 64 valence electrons. The largest absolute Gasteiger partial charge is 0.0885 e. The molecule has 0 aliphatic carbocycles. The van der Waals surface area contributed by atoms with E-state index in [1.807, 2.05) is 0 Å². The molecule has 0 unspecified atom stereocenters. The SMILES string of the molecule is CC=C(CC)CCC=C(C)C. The molecule has 0 aliphatic heterocycles. The summed E-state index contributed by atoms with van der Waals surface area (Å²) in [5.41, 5.74) is 3.00. The van der Waals surface area contributed by atoms with Crippen LogP contribution in [0.5, 0.6) is 0 Å². The Kier molecular flexibility index (Phi) is 5.91. The first-order valence-corrected chi connectivity index (χ1v) is 4.48. The van der Waals surface area contributed by atoms with Gasteiger partial charge in [0.15, 0.2) is 0 Å². The minimum absolute atomic E-state index is 1.20. The van der Waals surface area contributed by atoms with E-state index in [4.69, 9.17) is 0 Å². The van der Waals surface area contributed by atoms with Crippen LogP contribution < -0.4 is 0 Å². The van der Waals surface area contributed by atoms with E-state index in [1.54, 1.807) is 5.57 Å². The van der Waals surface area contributed by atoms with Gasteiger partial charge < -0.3 is 0 Å². The van der Waals surface area contributed by atoms with Gasteiger partial charge in [0.1, 0.15) is 0 Å². The van der Waals surface area contributed by atoms with E-state index >= 15 is 0 Å². The molecule has 0 saturated heterocycles. The summed E-state index contributed by atoms with van der Waals surface area (Å²) in [7, 11) is 0.